The van der Waals surface area contributed by atoms with E-state index in [4.69, 9.17) is 11.6 Å². The molecule has 5 heteroatoms. The number of allylic oxidation sites excluding steroid dienone is 1. The maximum Gasteiger partial charge on any atom is 0.120 e. The molecule has 2 heterocycles. The Balaban J connectivity index is 2.05. The van der Waals surface area contributed by atoms with E-state index >= 15 is 0 Å². The number of rotatable bonds is 4. The van der Waals surface area contributed by atoms with Gasteiger partial charge in [0.15, 0.2) is 0 Å². The lowest BCUT2D eigenvalue weighted by atomic mass is 10.1. The Morgan fingerprint density at radius 1 is 1.44 bits per heavy atom. The van der Waals surface area contributed by atoms with E-state index in [0.29, 0.717) is 6.54 Å². The number of dihydropyridines is 1. The Labute approximate surface area is 114 Å². The van der Waals surface area contributed by atoms with Crippen LogP contribution in [0, 0.1) is 0 Å². The first-order valence-corrected chi connectivity index (χ1v) is 6.90. The molecule has 102 valence electrons. The van der Waals surface area contributed by atoms with Crippen molar-refractivity contribution in [2.75, 3.05) is 26.2 Å². The van der Waals surface area contributed by atoms with Crippen molar-refractivity contribution in [3.8, 4) is 0 Å². The fraction of sp³-hybridized carbons (Fsp3) is 0.692. The minimum atomic E-state index is -0.749. The molecular weight excluding hydrogens is 250 g/mol. The van der Waals surface area contributed by atoms with Crippen molar-refractivity contribution >= 4 is 11.6 Å². The average Bonchev–Trinajstić information content (AvgIpc) is 2.80. The van der Waals surface area contributed by atoms with E-state index in [2.05, 4.69) is 21.6 Å². The van der Waals surface area contributed by atoms with Crippen molar-refractivity contribution in [1.82, 2.24) is 15.5 Å². The summed E-state index contributed by atoms with van der Waals surface area (Å²) in [6.07, 6.45) is 4.60. The molecule has 1 fully saturated rings. The molecule has 0 aliphatic carbocycles. The first-order chi connectivity index (χ1) is 8.47. The van der Waals surface area contributed by atoms with E-state index in [1.54, 1.807) is 13.8 Å². The molecule has 0 aromatic carbocycles. The first-order valence-electron chi connectivity index (χ1n) is 6.53. The first kappa shape index (κ1) is 13.6. The second-order valence-corrected chi connectivity index (χ2v) is 5.90. The monoisotopic (exact) mass is 271 g/mol. The number of nitrogens with one attached hydrogen (secondary N) is 2. The van der Waals surface area contributed by atoms with Crippen LogP contribution in [0.4, 0.5) is 0 Å². The molecule has 0 spiro atoms. The van der Waals surface area contributed by atoms with E-state index in [-0.39, 0.29) is 0 Å². The smallest absolute Gasteiger partial charge is 0.120 e. The van der Waals surface area contributed by atoms with E-state index in [9.17, 15) is 5.11 Å². The molecule has 3 N–H and O–H groups in total. The van der Waals surface area contributed by atoms with Crippen LogP contribution >= 0.6 is 11.6 Å². The van der Waals surface area contributed by atoms with Gasteiger partial charge in [-0.15, -0.1) is 0 Å². The van der Waals surface area contributed by atoms with Crippen LogP contribution in [0.15, 0.2) is 22.6 Å². The Bertz CT molecular complexity index is 365. The molecule has 0 aromatic heterocycles. The summed E-state index contributed by atoms with van der Waals surface area (Å²) in [7, 11) is 0. The fourth-order valence-corrected chi connectivity index (χ4v) is 2.55. The quantitative estimate of drug-likeness (QED) is 0.722. The van der Waals surface area contributed by atoms with Crippen LogP contribution in [-0.2, 0) is 0 Å². The van der Waals surface area contributed by atoms with E-state index in [0.717, 1.165) is 36.2 Å². The van der Waals surface area contributed by atoms with Crippen LogP contribution in [-0.4, -0.2) is 41.8 Å². The highest BCUT2D eigenvalue weighted by Crippen LogP contribution is 2.26. The van der Waals surface area contributed by atoms with E-state index < -0.39 is 5.60 Å². The molecule has 1 saturated heterocycles. The average molecular weight is 272 g/mol. The van der Waals surface area contributed by atoms with Crippen molar-refractivity contribution in [1.29, 1.82) is 0 Å². The van der Waals surface area contributed by atoms with Gasteiger partial charge in [-0.25, -0.2) is 0 Å². The third-order valence-electron chi connectivity index (χ3n) is 3.16. The van der Waals surface area contributed by atoms with Crippen molar-refractivity contribution < 1.29 is 5.11 Å². The third kappa shape index (κ3) is 3.33. The number of hydrogen-bond donors (Lipinski definition) is 3. The van der Waals surface area contributed by atoms with Crippen LogP contribution in [0.5, 0.6) is 0 Å². The number of aliphatic hydroxyl groups is 1. The molecule has 4 nitrogen and oxygen atoms in total. The predicted molar refractivity (Wildman–Crippen MR) is 74.1 cm³/mol. The Kier molecular flexibility index (Phi) is 4.07. The zero-order valence-electron chi connectivity index (χ0n) is 11.1. The van der Waals surface area contributed by atoms with Gasteiger partial charge in [0.25, 0.3) is 0 Å². The predicted octanol–water partition coefficient (Wildman–Crippen LogP) is 1.34. The zero-order chi connectivity index (χ0) is 13.2. The van der Waals surface area contributed by atoms with Crippen molar-refractivity contribution in [2.45, 2.75) is 32.3 Å². The second kappa shape index (κ2) is 5.41. The molecule has 0 unspecified atom stereocenters. The van der Waals surface area contributed by atoms with E-state index in [1.807, 2.05) is 0 Å². The molecule has 0 aromatic rings. The summed E-state index contributed by atoms with van der Waals surface area (Å²) < 4.78 is 0. The molecule has 2 aliphatic rings. The van der Waals surface area contributed by atoms with Crippen LogP contribution in [0.2, 0.25) is 0 Å². The number of hydrogen-bond acceptors (Lipinski definition) is 4. The van der Waals surface area contributed by atoms with Crippen LogP contribution < -0.4 is 10.6 Å². The van der Waals surface area contributed by atoms with Gasteiger partial charge >= 0.3 is 0 Å². The summed E-state index contributed by atoms with van der Waals surface area (Å²) in [4.78, 5) is 2.33. The van der Waals surface area contributed by atoms with Gasteiger partial charge in [-0.3, -0.25) is 0 Å². The lowest BCUT2D eigenvalue weighted by molar-refractivity contribution is 0.0820. The Morgan fingerprint density at radius 2 is 2.11 bits per heavy atom. The van der Waals surface area contributed by atoms with Gasteiger partial charge < -0.3 is 20.6 Å². The van der Waals surface area contributed by atoms with E-state index in [1.165, 1.54) is 12.8 Å². The van der Waals surface area contributed by atoms with Crippen molar-refractivity contribution in [2.24, 2.45) is 0 Å². The van der Waals surface area contributed by atoms with Gasteiger partial charge in [0.05, 0.1) is 11.3 Å². The van der Waals surface area contributed by atoms with Gasteiger partial charge in [0.2, 0.25) is 0 Å². The molecule has 0 saturated carbocycles. The van der Waals surface area contributed by atoms with Crippen LogP contribution in [0.3, 0.4) is 0 Å². The highest BCUT2D eigenvalue weighted by atomic mass is 35.5. The lowest BCUT2D eigenvalue weighted by Gasteiger charge is -2.28. The molecule has 0 radical (unpaired) electrons. The Morgan fingerprint density at radius 3 is 2.72 bits per heavy atom. The van der Waals surface area contributed by atoms with Gasteiger partial charge in [-0.1, -0.05) is 11.6 Å². The number of nitrogens with zero attached hydrogens (tertiary/aromatic N) is 1. The lowest BCUT2D eigenvalue weighted by Crippen LogP contribution is -2.40. The molecule has 18 heavy (non-hydrogen) atoms. The molecule has 2 aliphatic heterocycles. The second-order valence-electron chi connectivity index (χ2n) is 5.52. The Hall–Kier alpha value is -0.870. The van der Waals surface area contributed by atoms with Crippen molar-refractivity contribution in [3.63, 3.8) is 0 Å². The highest BCUT2D eigenvalue weighted by molar-refractivity contribution is 6.32. The minimum Gasteiger partial charge on any atom is -0.389 e. The minimum absolute atomic E-state index is 0.471. The highest BCUT2D eigenvalue weighted by Gasteiger charge is 2.23. The summed E-state index contributed by atoms with van der Waals surface area (Å²) in [6.45, 7) is 6.96. The zero-order valence-corrected chi connectivity index (χ0v) is 11.8. The number of halogens is 1. The largest absolute Gasteiger partial charge is 0.389 e. The van der Waals surface area contributed by atoms with Crippen molar-refractivity contribution in [3.05, 3.63) is 22.6 Å². The molecule has 0 atom stereocenters. The fourth-order valence-electron chi connectivity index (χ4n) is 2.22. The maximum absolute atomic E-state index is 9.73. The summed E-state index contributed by atoms with van der Waals surface area (Å²) >= 11 is 6.42. The maximum atomic E-state index is 9.73. The van der Waals surface area contributed by atoms with Gasteiger partial charge in [-0.05, 0) is 32.8 Å². The van der Waals surface area contributed by atoms with Crippen LogP contribution in [0.25, 0.3) is 0 Å². The van der Waals surface area contributed by atoms with Crippen LogP contribution in [0.1, 0.15) is 26.7 Å². The SMILES string of the molecule is CC(C)(O)CNC1=C(Cl)C(N2CCCC2)=CCN1. The molecule has 2 rings (SSSR count). The summed E-state index contributed by atoms with van der Waals surface area (Å²) in [5.74, 6) is 0.822. The molecule has 0 amide bonds. The standard InChI is InChI=1S/C13H22ClN3O/c1-13(2,18)9-16-12-11(14)10(5-6-15-12)17-7-3-4-8-17/h5,15-16,18H,3-4,6-9H2,1-2H3. The third-order valence-corrected chi connectivity index (χ3v) is 3.55. The van der Waals surface area contributed by atoms with Gasteiger partial charge in [-0.2, -0.15) is 0 Å². The summed E-state index contributed by atoms with van der Waals surface area (Å²) in [6, 6.07) is 0. The molecular formula is C13H22ClN3O. The van der Waals surface area contributed by atoms with Gasteiger partial charge in [0.1, 0.15) is 10.9 Å². The summed E-state index contributed by atoms with van der Waals surface area (Å²) in [5.41, 5.74) is 0.368. The normalized spacial score (nSPS) is 20.9. The topological polar surface area (TPSA) is 47.5 Å². The summed E-state index contributed by atoms with van der Waals surface area (Å²) in [5, 5.41) is 16.9. The molecule has 0 bridgehead atoms. The van der Waals surface area contributed by atoms with Gasteiger partial charge in [0, 0.05) is 26.2 Å². The number of likely N-dealkylation sites (tertiary alicyclic amines) is 1.